The highest BCUT2D eigenvalue weighted by atomic mass is 14.9. The Hall–Kier alpha value is -0.0400. The Morgan fingerprint density at radius 2 is 1.83 bits per heavy atom. The lowest BCUT2D eigenvalue weighted by atomic mass is 9.77. The first-order chi connectivity index (χ1) is 5.91. The minimum atomic E-state index is 0.857. The van der Waals surface area contributed by atoms with Gasteiger partial charge in [-0.3, -0.25) is 0 Å². The molecule has 2 saturated carbocycles. The van der Waals surface area contributed by atoms with E-state index in [2.05, 4.69) is 5.32 Å². The zero-order chi connectivity index (χ0) is 8.02. The van der Waals surface area contributed by atoms with Crippen molar-refractivity contribution in [2.45, 2.75) is 38.5 Å². The topological polar surface area (TPSA) is 12.0 Å². The van der Waals surface area contributed by atoms with E-state index in [1.807, 2.05) is 0 Å². The summed E-state index contributed by atoms with van der Waals surface area (Å²) in [6.07, 6.45) is 9.18. The normalized spacial score (nSPS) is 39.5. The monoisotopic (exact) mass is 165 g/mol. The maximum atomic E-state index is 3.48. The molecule has 2 aliphatic carbocycles. The maximum Gasteiger partial charge on any atom is -0.00435 e. The second-order valence-electron chi connectivity index (χ2n) is 5.11. The first kappa shape index (κ1) is 7.37. The van der Waals surface area contributed by atoms with Crippen molar-refractivity contribution < 1.29 is 0 Å². The maximum absolute atomic E-state index is 3.48. The van der Waals surface area contributed by atoms with Gasteiger partial charge in [0.1, 0.15) is 0 Å². The van der Waals surface area contributed by atoms with Gasteiger partial charge < -0.3 is 5.32 Å². The predicted molar refractivity (Wildman–Crippen MR) is 50.0 cm³/mol. The van der Waals surface area contributed by atoms with Gasteiger partial charge in [-0.1, -0.05) is 19.3 Å². The average Bonchev–Trinajstić information content (AvgIpc) is 2.62. The Bertz CT molecular complexity index is 177. The van der Waals surface area contributed by atoms with Crippen LogP contribution in [0.1, 0.15) is 38.5 Å². The van der Waals surface area contributed by atoms with E-state index in [9.17, 15) is 0 Å². The Morgan fingerprint density at radius 3 is 2.42 bits per heavy atom. The molecule has 0 amide bonds. The summed E-state index contributed by atoms with van der Waals surface area (Å²) in [6, 6.07) is 0. The molecule has 0 bridgehead atoms. The summed E-state index contributed by atoms with van der Waals surface area (Å²) in [4.78, 5) is 0. The van der Waals surface area contributed by atoms with E-state index in [-0.39, 0.29) is 0 Å². The van der Waals surface area contributed by atoms with Gasteiger partial charge in [-0.25, -0.2) is 0 Å². The predicted octanol–water partition coefficient (Wildman–Crippen LogP) is 2.18. The molecule has 3 fully saturated rings. The molecule has 0 aromatic carbocycles. The van der Waals surface area contributed by atoms with Crippen LogP contribution in [0.3, 0.4) is 0 Å². The van der Waals surface area contributed by atoms with Crippen LogP contribution in [0.25, 0.3) is 0 Å². The van der Waals surface area contributed by atoms with Gasteiger partial charge >= 0.3 is 0 Å². The minimum absolute atomic E-state index is 0.857. The molecule has 3 rings (SSSR count). The molecule has 0 aromatic heterocycles. The number of hydrogen-bond acceptors (Lipinski definition) is 1. The lowest BCUT2D eigenvalue weighted by molar-refractivity contribution is 0.211. The van der Waals surface area contributed by atoms with Crippen LogP contribution in [-0.4, -0.2) is 13.1 Å². The van der Waals surface area contributed by atoms with Crippen LogP contribution < -0.4 is 5.32 Å². The summed E-state index contributed by atoms with van der Waals surface area (Å²) in [5.41, 5.74) is 0.857. The van der Waals surface area contributed by atoms with E-state index in [4.69, 9.17) is 0 Å². The van der Waals surface area contributed by atoms with E-state index in [0.29, 0.717) is 0 Å². The van der Waals surface area contributed by atoms with Crippen molar-refractivity contribution in [3.8, 4) is 0 Å². The first-order valence-corrected chi connectivity index (χ1v) is 5.61. The highest BCUT2D eigenvalue weighted by molar-refractivity contribution is 5.07. The third-order valence-electron chi connectivity index (χ3n) is 4.57. The molecule has 0 radical (unpaired) electrons. The summed E-state index contributed by atoms with van der Waals surface area (Å²) in [6.45, 7) is 2.59. The van der Waals surface area contributed by atoms with Crippen molar-refractivity contribution in [2.24, 2.45) is 17.3 Å². The molecular weight excluding hydrogens is 146 g/mol. The summed E-state index contributed by atoms with van der Waals surface area (Å²) < 4.78 is 0. The molecule has 1 aliphatic heterocycles. The summed E-state index contributed by atoms with van der Waals surface area (Å²) in [5, 5.41) is 3.48. The molecule has 0 aromatic rings. The number of rotatable bonds is 1. The van der Waals surface area contributed by atoms with Crippen LogP contribution >= 0.6 is 0 Å². The van der Waals surface area contributed by atoms with Gasteiger partial charge in [0, 0.05) is 0 Å². The zero-order valence-corrected chi connectivity index (χ0v) is 7.81. The van der Waals surface area contributed by atoms with Gasteiger partial charge in [-0.2, -0.15) is 0 Å². The molecule has 1 atom stereocenters. The zero-order valence-electron chi connectivity index (χ0n) is 7.81. The second kappa shape index (κ2) is 2.47. The van der Waals surface area contributed by atoms with Crippen LogP contribution in [0.15, 0.2) is 0 Å². The van der Waals surface area contributed by atoms with Gasteiger partial charge in [0.2, 0.25) is 0 Å². The molecule has 12 heavy (non-hydrogen) atoms. The first-order valence-electron chi connectivity index (χ1n) is 5.61. The Morgan fingerprint density at radius 1 is 1.08 bits per heavy atom. The van der Waals surface area contributed by atoms with Gasteiger partial charge in [-0.05, 0) is 49.6 Å². The summed E-state index contributed by atoms with van der Waals surface area (Å²) in [5.74, 6) is 2.32. The van der Waals surface area contributed by atoms with Crippen molar-refractivity contribution >= 4 is 0 Å². The second-order valence-corrected chi connectivity index (χ2v) is 5.11. The smallest absolute Gasteiger partial charge is 0.00435 e. The molecule has 1 N–H and O–H groups in total. The molecule has 1 heterocycles. The van der Waals surface area contributed by atoms with Crippen molar-refractivity contribution in [1.82, 2.24) is 5.32 Å². The van der Waals surface area contributed by atoms with Crippen LogP contribution in [0.2, 0.25) is 0 Å². The van der Waals surface area contributed by atoms with Crippen LogP contribution in [0.4, 0.5) is 0 Å². The number of hydrogen-bond donors (Lipinski definition) is 1. The number of piperidine rings is 1. The van der Waals surface area contributed by atoms with Crippen LogP contribution in [-0.2, 0) is 0 Å². The summed E-state index contributed by atoms with van der Waals surface area (Å²) in [7, 11) is 0. The van der Waals surface area contributed by atoms with E-state index in [1.54, 1.807) is 19.3 Å². The molecule has 68 valence electrons. The van der Waals surface area contributed by atoms with E-state index in [0.717, 1.165) is 17.3 Å². The Kier molecular flexibility index (Phi) is 1.52. The van der Waals surface area contributed by atoms with E-state index < -0.39 is 0 Å². The Balaban J connectivity index is 1.63. The van der Waals surface area contributed by atoms with Gasteiger partial charge in [0.25, 0.3) is 0 Å². The summed E-state index contributed by atoms with van der Waals surface area (Å²) >= 11 is 0. The largest absolute Gasteiger partial charge is 0.317 e. The van der Waals surface area contributed by atoms with Crippen LogP contribution in [0, 0.1) is 17.3 Å². The third-order valence-corrected chi connectivity index (χ3v) is 4.57. The molecule has 3 aliphatic rings. The number of nitrogens with one attached hydrogen (secondary N) is 1. The lowest BCUT2D eigenvalue weighted by Gasteiger charge is -2.31. The quantitative estimate of drug-likeness (QED) is 0.628. The minimum Gasteiger partial charge on any atom is -0.317 e. The highest BCUT2D eigenvalue weighted by Gasteiger charge is 2.57. The van der Waals surface area contributed by atoms with E-state index in [1.165, 1.54) is 32.4 Å². The molecule has 1 saturated heterocycles. The standard InChI is InChI=1S/C11H19N/c1-2-9(3-1)10-8-11(10)4-6-12-7-5-11/h9-10,12H,1-8H2. The van der Waals surface area contributed by atoms with Gasteiger partial charge in [0.05, 0.1) is 0 Å². The fourth-order valence-corrected chi connectivity index (χ4v) is 3.39. The highest BCUT2D eigenvalue weighted by Crippen LogP contribution is 2.65. The average molecular weight is 165 g/mol. The molecular formula is C11H19N. The van der Waals surface area contributed by atoms with Gasteiger partial charge in [-0.15, -0.1) is 0 Å². The van der Waals surface area contributed by atoms with Crippen molar-refractivity contribution in [3.05, 3.63) is 0 Å². The van der Waals surface area contributed by atoms with Crippen LogP contribution in [0.5, 0.6) is 0 Å². The van der Waals surface area contributed by atoms with Crippen molar-refractivity contribution in [1.29, 1.82) is 0 Å². The fraction of sp³-hybridized carbons (Fsp3) is 1.00. The molecule has 1 unspecified atom stereocenters. The third kappa shape index (κ3) is 0.953. The van der Waals surface area contributed by atoms with Gasteiger partial charge in [0.15, 0.2) is 0 Å². The van der Waals surface area contributed by atoms with Crippen molar-refractivity contribution in [2.75, 3.05) is 13.1 Å². The van der Waals surface area contributed by atoms with E-state index >= 15 is 0 Å². The molecule has 1 nitrogen and oxygen atoms in total. The Labute approximate surface area is 74.9 Å². The fourth-order valence-electron chi connectivity index (χ4n) is 3.39. The van der Waals surface area contributed by atoms with Crippen molar-refractivity contribution in [3.63, 3.8) is 0 Å². The SMILES string of the molecule is C1CC(C2CC23CCNCC3)C1. The molecule has 1 spiro atoms. The lowest BCUT2D eigenvalue weighted by Crippen LogP contribution is -2.31. The molecule has 1 heteroatoms.